The summed E-state index contributed by atoms with van der Waals surface area (Å²) in [6.45, 7) is 1.89. The fraction of sp³-hybridized carbons (Fsp3) is 0.269. The number of hydrogen-bond acceptors (Lipinski definition) is 4. The molecule has 1 aliphatic heterocycles. The molecule has 33 heavy (non-hydrogen) atoms. The first kappa shape index (κ1) is 21.6. The van der Waals surface area contributed by atoms with Gasteiger partial charge in [-0.3, -0.25) is 14.7 Å². The van der Waals surface area contributed by atoms with Gasteiger partial charge in [0.15, 0.2) is 11.8 Å². The van der Waals surface area contributed by atoms with E-state index in [2.05, 4.69) is 17.1 Å². The maximum atomic E-state index is 14.7. The Balaban J connectivity index is 1.63. The molecule has 5 rings (SSSR count). The van der Waals surface area contributed by atoms with Crippen LogP contribution in [0, 0.1) is 5.82 Å². The van der Waals surface area contributed by atoms with Crippen LogP contribution in [0.1, 0.15) is 48.3 Å². The van der Waals surface area contributed by atoms with Crippen LogP contribution < -0.4 is 5.73 Å². The van der Waals surface area contributed by atoms with Crippen LogP contribution in [-0.4, -0.2) is 28.8 Å². The molecule has 0 spiro atoms. The van der Waals surface area contributed by atoms with Crippen LogP contribution in [0.25, 0.3) is 11.3 Å². The Morgan fingerprint density at radius 1 is 1.12 bits per heavy atom. The third-order valence-electron chi connectivity index (χ3n) is 6.72. The third-order valence-corrected chi connectivity index (χ3v) is 7.01. The van der Waals surface area contributed by atoms with Gasteiger partial charge in [0, 0.05) is 18.8 Å². The van der Waals surface area contributed by atoms with Gasteiger partial charge in [0.2, 0.25) is 5.91 Å². The van der Waals surface area contributed by atoms with E-state index in [4.69, 9.17) is 22.3 Å². The number of pyridine rings is 1. The highest BCUT2D eigenvalue weighted by Crippen LogP contribution is 2.46. The summed E-state index contributed by atoms with van der Waals surface area (Å²) in [6.07, 6.45) is 4.02. The van der Waals surface area contributed by atoms with Gasteiger partial charge in [0.1, 0.15) is 5.54 Å². The molecule has 1 aliphatic carbocycles. The zero-order valence-electron chi connectivity index (χ0n) is 18.4. The molecular weight excluding hydrogens is 439 g/mol. The second kappa shape index (κ2) is 7.96. The van der Waals surface area contributed by atoms with Crippen LogP contribution in [0.15, 0.2) is 65.8 Å². The Labute approximate surface area is 197 Å². The summed E-state index contributed by atoms with van der Waals surface area (Å²) in [5.41, 5.74) is 8.72. The van der Waals surface area contributed by atoms with Crippen molar-refractivity contribution in [3.8, 4) is 11.3 Å². The van der Waals surface area contributed by atoms with Gasteiger partial charge in [0.05, 0.1) is 16.6 Å². The van der Waals surface area contributed by atoms with E-state index in [1.54, 1.807) is 37.5 Å². The van der Waals surface area contributed by atoms with Gasteiger partial charge in [-0.05, 0) is 66.6 Å². The average Bonchev–Trinajstić information content (AvgIpc) is 3.66. The molecular formula is C26H24ClFN4O. The van der Waals surface area contributed by atoms with E-state index in [0.29, 0.717) is 17.2 Å². The first-order chi connectivity index (χ1) is 15.8. The van der Waals surface area contributed by atoms with Crippen LogP contribution >= 0.6 is 11.6 Å². The minimum Gasteiger partial charge on any atom is -0.369 e. The predicted molar refractivity (Wildman–Crippen MR) is 128 cm³/mol. The minimum absolute atomic E-state index is 0.0243. The number of amides is 1. The Bertz CT molecular complexity index is 1270. The van der Waals surface area contributed by atoms with E-state index in [1.807, 2.05) is 19.1 Å². The Kier molecular flexibility index (Phi) is 5.20. The number of rotatable bonds is 4. The lowest BCUT2D eigenvalue weighted by molar-refractivity contribution is -0.130. The van der Waals surface area contributed by atoms with E-state index < -0.39 is 17.3 Å². The van der Waals surface area contributed by atoms with E-state index in [9.17, 15) is 9.18 Å². The highest BCUT2D eigenvalue weighted by molar-refractivity contribution is 6.31. The van der Waals surface area contributed by atoms with Crippen molar-refractivity contribution in [3.05, 3.63) is 88.3 Å². The Morgan fingerprint density at radius 2 is 1.82 bits per heavy atom. The minimum atomic E-state index is -0.998. The number of guanidine groups is 1. The molecule has 7 heteroatoms. The second-order valence-electron chi connectivity index (χ2n) is 8.92. The predicted octanol–water partition coefficient (Wildman–Crippen LogP) is 5.20. The van der Waals surface area contributed by atoms with Crippen molar-refractivity contribution >= 4 is 23.5 Å². The van der Waals surface area contributed by atoms with Crippen molar-refractivity contribution in [1.29, 1.82) is 0 Å². The molecule has 0 bridgehead atoms. The monoisotopic (exact) mass is 462 g/mol. The molecule has 1 amide bonds. The van der Waals surface area contributed by atoms with Gasteiger partial charge < -0.3 is 5.73 Å². The Hall–Kier alpha value is -3.25. The summed E-state index contributed by atoms with van der Waals surface area (Å²) in [5, 5.41) is 0.0243. The maximum absolute atomic E-state index is 14.7. The van der Waals surface area contributed by atoms with Crippen LogP contribution in [0.2, 0.25) is 5.02 Å². The maximum Gasteiger partial charge on any atom is 0.239 e. The molecule has 1 aromatic heterocycles. The van der Waals surface area contributed by atoms with Gasteiger partial charge >= 0.3 is 0 Å². The normalized spacial score (nSPS) is 22.9. The number of aromatic nitrogens is 1. The molecule has 2 heterocycles. The highest BCUT2D eigenvalue weighted by Gasteiger charge is 2.47. The fourth-order valence-electron chi connectivity index (χ4n) is 4.59. The molecule has 168 valence electrons. The van der Waals surface area contributed by atoms with Gasteiger partial charge in [-0.1, -0.05) is 41.9 Å². The second-order valence-corrected chi connectivity index (χ2v) is 9.33. The van der Waals surface area contributed by atoms with Crippen molar-refractivity contribution in [2.24, 2.45) is 10.7 Å². The molecule has 0 saturated heterocycles. The quantitative estimate of drug-likeness (QED) is 0.579. The first-order valence-corrected chi connectivity index (χ1v) is 11.3. The third kappa shape index (κ3) is 3.68. The van der Waals surface area contributed by atoms with Crippen molar-refractivity contribution < 1.29 is 9.18 Å². The molecule has 2 aliphatic rings. The summed E-state index contributed by atoms with van der Waals surface area (Å²) in [7, 11) is 1.63. The lowest BCUT2D eigenvalue weighted by Crippen LogP contribution is -2.52. The van der Waals surface area contributed by atoms with Gasteiger partial charge in [-0.2, -0.15) is 0 Å². The number of likely N-dealkylation sites (N-methyl/N-ethyl adjacent to an activating group) is 1. The molecule has 2 atom stereocenters. The van der Waals surface area contributed by atoms with Gasteiger partial charge in [-0.15, -0.1) is 0 Å². The molecule has 0 radical (unpaired) electrons. The molecule has 1 saturated carbocycles. The number of nitrogens with two attached hydrogens (primary N) is 1. The van der Waals surface area contributed by atoms with E-state index in [1.165, 1.54) is 29.4 Å². The largest absolute Gasteiger partial charge is 0.369 e. The number of carbonyl (C=O) groups is 1. The topological polar surface area (TPSA) is 71.6 Å². The number of nitrogens with zero attached hydrogens (tertiary/aromatic N) is 3. The molecule has 2 N–H and O–H groups in total. The number of halogens is 2. The lowest BCUT2D eigenvalue weighted by atomic mass is 9.74. The van der Waals surface area contributed by atoms with Crippen LogP contribution in [0.5, 0.6) is 0 Å². The van der Waals surface area contributed by atoms with E-state index in [-0.39, 0.29) is 22.5 Å². The van der Waals surface area contributed by atoms with Crippen molar-refractivity contribution in [1.82, 2.24) is 9.88 Å². The lowest BCUT2D eigenvalue weighted by Gasteiger charge is -2.41. The molecule has 0 unspecified atom stereocenters. The first-order valence-electron chi connectivity index (χ1n) is 10.9. The summed E-state index contributed by atoms with van der Waals surface area (Å²) in [5.74, 6) is -0.512. The zero-order chi connectivity index (χ0) is 23.3. The number of aliphatic imine (C=N–C) groups is 1. The van der Waals surface area contributed by atoms with E-state index in [0.717, 1.165) is 5.56 Å². The Morgan fingerprint density at radius 3 is 2.52 bits per heavy atom. The average molecular weight is 463 g/mol. The number of benzene rings is 2. The zero-order valence-corrected chi connectivity index (χ0v) is 19.2. The SMILES string of the molecule is CN1C(=O)[C@@H](c2ccc(C3CC3)cc2)[C@@](C)(c2ccnc(-c3cccc(Cl)c3F)c2)N=C1N. The van der Waals surface area contributed by atoms with Gasteiger partial charge in [-0.25, -0.2) is 9.38 Å². The summed E-state index contributed by atoms with van der Waals surface area (Å²) in [6, 6.07) is 16.6. The smallest absolute Gasteiger partial charge is 0.239 e. The number of hydrogen-bond donors (Lipinski definition) is 1. The molecule has 3 aromatic rings. The summed E-state index contributed by atoms with van der Waals surface area (Å²) in [4.78, 5) is 24.0. The van der Waals surface area contributed by atoms with Crippen molar-refractivity contribution in [3.63, 3.8) is 0 Å². The number of carbonyl (C=O) groups excluding carboxylic acids is 1. The highest BCUT2D eigenvalue weighted by atomic mass is 35.5. The molecule has 1 fully saturated rings. The molecule has 2 aromatic carbocycles. The van der Waals surface area contributed by atoms with E-state index >= 15 is 0 Å². The van der Waals surface area contributed by atoms with Crippen molar-refractivity contribution in [2.45, 2.75) is 37.1 Å². The van der Waals surface area contributed by atoms with Crippen LogP contribution in [0.4, 0.5) is 4.39 Å². The fourth-order valence-corrected chi connectivity index (χ4v) is 4.77. The summed E-state index contributed by atoms with van der Waals surface area (Å²) < 4.78 is 14.7. The van der Waals surface area contributed by atoms with Crippen LogP contribution in [0.3, 0.4) is 0 Å². The summed E-state index contributed by atoms with van der Waals surface area (Å²) >= 11 is 5.99. The van der Waals surface area contributed by atoms with Crippen LogP contribution in [-0.2, 0) is 10.3 Å². The molecule has 5 nitrogen and oxygen atoms in total. The standard InChI is InChI=1S/C26H24ClFN4O/c1-26(18-12-13-30-21(14-18)19-4-3-5-20(27)23(19)28)22(24(33)32(2)25(29)31-26)17-10-8-16(9-11-17)15-6-7-15/h3-5,8-15,22H,6-7H2,1-2H3,(H2,29,31)/t22-,26-/m1/s1. The van der Waals surface area contributed by atoms with Crippen molar-refractivity contribution in [2.75, 3.05) is 7.05 Å². The van der Waals surface area contributed by atoms with Gasteiger partial charge in [0.25, 0.3) is 0 Å².